The van der Waals surface area contributed by atoms with Gasteiger partial charge in [-0.1, -0.05) is 39.8 Å². The molecule has 0 bridgehead atoms. The van der Waals surface area contributed by atoms with Crippen molar-refractivity contribution in [3.8, 4) is 5.75 Å². The molecule has 0 radical (unpaired) electrons. The number of aliphatic hydroxyl groups is 1. The average Bonchev–Trinajstić information content (AvgIpc) is 2.94. The molecule has 4 atom stereocenters. The number of benzene rings is 1. The van der Waals surface area contributed by atoms with Gasteiger partial charge in [-0.3, -0.25) is 14.5 Å². The first-order chi connectivity index (χ1) is 19.1. The number of amides is 2. The van der Waals surface area contributed by atoms with Crippen LogP contribution in [0.5, 0.6) is 5.75 Å². The van der Waals surface area contributed by atoms with Crippen LogP contribution in [0.15, 0.2) is 24.3 Å². The lowest BCUT2D eigenvalue weighted by atomic mass is 9.83. The minimum absolute atomic E-state index is 0.0476. The number of ether oxygens (including phenoxy) is 3. The Morgan fingerprint density at radius 1 is 1.05 bits per heavy atom. The van der Waals surface area contributed by atoms with Crippen LogP contribution in [-0.2, 0) is 14.3 Å². The fraction of sp³-hybridized carbons (Fsp3) is 0.733. The van der Waals surface area contributed by atoms with E-state index in [2.05, 4.69) is 29.4 Å². The van der Waals surface area contributed by atoms with Gasteiger partial charge in [0.25, 0.3) is 5.91 Å². The fourth-order valence-electron chi connectivity index (χ4n) is 4.84. The normalized spacial score (nSPS) is 17.3. The number of methoxy groups -OCH3 is 1. The van der Waals surface area contributed by atoms with E-state index in [0.29, 0.717) is 50.5 Å². The van der Waals surface area contributed by atoms with Gasteiger partial charge in [-0.05, 0) is 42.7 Å². The third-order valence-corrected chi connectivity index (χ3v) is 7.68. The average molecular weight is 565 g/mol. The number of aliphatic hydroxyl groups excluding tert-OH is 1. The van der Waals surface area contributed by atoms with Crippen molar-refractivity contribution in [1.29, 1.82) is 0 Å². The molecular formula is C30H52N4O6. The van der Waals surface area contributed by atoms with Crippen LogP contribution in [-0.4, -0.2) is 100 Å². The molecule has 0 unspecified atom stereocenters. The van der Waals surface area contributed by atoms with Gasteiger partial charge >= 0.3 is 0 Å². The molecule has 228 valence electrons. The topological polar surface area (TPSA) is 135 Å². The fourth-order valence-corrected chi connectivity index (χ4v) is 4.84. The van der Waals surface area contributed by atoms with E-state index in [-0.39, 0.29) is 35.5 Å². The standard InChI is InChI=1S/C30H52N4O6/c1-21(2)23(20-33-29(36)24-8-6-7-9-28(24)40-17-16-38-5)18-26(31)27(35)19-25(22(3)4)30(37)32-10-11-34-12-14-39-15-13-34/h6-9,21-23,25-27,35H,10-20,31H2,1-5H3,(H,32,37)(H,33,36)/t23-,25+,26+,27+/m1/s1. The van der Waals surface area contributed by atoms with Crippen molar-refractivity contribution in [3.63, 3.8) is 0 Å². The van der Waals surface area contributed by atoms with Crippen molar-refractivity contribution in [2.45, 2.75) is 52.7 Å². The smallest absolute Gasteiger partial charge is 0.255 e. The van der Waals surface area contributed by atoms with Crippen LogP contribution in [0.25, 0.3) is 0 Å². The number of carbonyl (C=O) groups is 2. The monoisotopic (exact) mass is 564 g/mol. The lowest BCUT2D eigenvalue weighted by molar-refractivity contribution is -0.127. The summed E-state index contributed by atoms with van der Waals surface area (Å²) in [7, 11) is 1.60. The Morgan fingerprint density at radius 2 is 1.75 bits per heavy atom. The zero-order valence-electron chi connectivity index (χ0n) is 25.1. The number of hydrogen-bond donors (Lipinski definition) is 4. The summed E-state index contributed by atoms with van der Waals surface area (Å²) in [5.41, 5.74) is 6.93. The molecule has 1 heterocycles. The van der Waals surface area contributed by atoms with Gasteiger partial charge in [0.15, 0.2) is 0 Å². The zero-order valence-corrected chi connectivity index (χ0v) is 25.1. The van der Waals surface area contributed by atoms with E-state index in [4.69, 9.17) is 19.9 Å². The molecule has 0 aliphatic carbocycles. The van der Waals surface area contributed by atoms with Gasteiger partial charge in [0.2, 0.25) is 5.91 Å². The van der Waals surface area contributed by atoms with E-state index >= 15 is 0 Å². The summed E-state index contributed by atoms with van der Waals surface area (Å²) in [6.45, 7) is 13.9. The van der Waals surface area contributed by atoms with Gasteiger partial charge in [-0.2, -0.15) is 0 Å². The highest BCUT2D eigenvalue weighted by Gasteiger charge is 2.30. The van der Waals surface area contributed by atoms with Crippen molar-refractivity contribution < 1.29 is 28.9 Å². The summed E-state index contributed by atoms with van der Waals surface area (Å²) in [4.78, 5) is 28.2. The first-order valence-electron chi connectivity index (χ1n) is 14.6. The lowest BCUT2D eigenvalue weighted by Gasteiger charge is -2.30. The summed E-state index contributed by atoms with van der Waals surface area (Å²) in [6, 6.07) is 6.60. The number of para-hydroxylation sites is 1. The van der Waals surface area contributed by atoms with Crippen molar-refractivity contribution in [2.24, 2.45) is 29.4 Å². The molecule has 1 aliphatic rings. The number of nitrogens with one attached hydrogen (secondary N) is 2. The second-order valence-corrected chi connectivity index (χ2v) is 11.3. The maximum absolute atomic E-state index is 13.0. The maximum Gasteiger partial charge on any atom is 0.255 e. The molecule has 1 aromatic rings. The third kappa shape index (κ3) is 11.7. The number of nitrogens with zero attached hydrogens (tertiary/aromatic N) is 1. The molecule has 2 rings (SSSR count). The van der Waals surface area contributed by atoms with E-state index in [1.54, 1.807) is 25.3 Å². The van der Waals surface area contributed by atoms with E-state index in [1.807, 2.05) is 19.9 Å². The number of rotatable bonds is 18. The highest BCUT2D eigenvalue weighted by molar-refractivity contribution is 5.96. The Balaban J connectivity index is 1.88. The Morgan fingerprint density at radius 3 is 2.40 bits per heavy atom. The molecule has 0 spiro atoms. The number of carbonyl (C=O) groups excluding carboxylic acids is 2. The zero-order chi connectivity index (χ0) is 29.5. The molecular weight excluding hydrogens is 512 g/mol. The van der Waals surface area contributed by atoms with Gasteiger partial charge in [0.05, 0.1) is 31.5 Å². The Kier molecular flexibility index (Phi) is 15.5. The lowest BCUT2D eigenvalue weighted by Crippen LogP contribution is -2.45. The molecule has 40 heavy (non-hydrogen) atoms. The predicted octanol–water partition coefficient (Wildman–Crippen LogP) is 1.90. The van der Waals surface area contributed by atoms with Gasteiger partial charge in [0.1, 0.15) is 12.4 Å². The third-order valence-electron chi connectivity index (χ3n) is 7.68. The minimum atomic E-state index is -0.829. The number of nitrogens with two attached hydrogens (primary N) is 1. The van der Waals surface area contributed by atoms with Gasteiger partial charge in [-0.15, -0.1) is 0 Å². The largest absolute Gasteiger partial charge is 0.490 e. The first kappa shape index (κ1) is 34.0. The van der Waals surface area contributed by atoms with Crippen LogP contribution in [0.2, 0.25) is 0 Å². The van der Waals surface area contributed by atoms with Crippen molar-refractivity contribution in [3.05, 3.63) is 29.8 Å². The van der Waals surface area contributed by atoms with Crippen LogP contribution in [0, 0.1) is 23.7 Å². The predicted molar refractivity (Wildman–Crippen MR) is 156 cm³/mol. The summed E-state index contributed by atoms with van der Waals surface area (Å²) in [5, 5.41) is 17.1. The minimum Gasteiger partial charge on any atom is -0.490 e. The highest BCUT2D eigenvalue weighted by atomic mass is 16.5. The Bertz CT molecular complexity index is 878. The van der Waals surface area contributed by atoms with Crippen LogP contribution >= 0.6 is 0 Å². The molecule has 1 aliphatic heterocycles. The molecule has 0 aromatic heterocycles. The van der Waals surface area contributed by atoms with Crippen molar-refractivity contribution >= 4 is 11.8 Å². The number of morpholine rings is 1. The van der Waals surface area contributed by atoms with Crippen LogP contribution in [0.3, 0.4) is 0 Å². The summed E-state index contributed by atoms with van der Waals surface area (Å²) in [6.07, 6.45) is -0.00980. The van der Waals surface area contributed by atoms with Crippen LogP contribution in [0.1, 0.15) is 50.9 Å². The van der Waals surface area contributed by atoms with E-state index < -0.39 is 12.1 Å². The van der Waals surface area contributed by atoms with E-state index in [0.717, 1.165) is 32.8 Å². The van der Waals surface area contributed by atoms with Crippen LogP contribution in [0.4, 0.5) is 0 Å². The molecule has 1 fully saturated rings. The van der Waals surface area contributed by atoms with Gasteiger partial charge < -0.3 is 35.7 Å². The molecule has 1 saturated heterocycles. The SMILES string of the molecule is COCCOc1ccccc1C(=O)NC[C@@H](C[C@H](N)[C@@H](O)C[C@H](C(=O)NCCN1CCOCC1)C(C)C)C(C)C. The molecule has 10 nitrogen and oxygen atoms in total. The Hall–Kier alpha value is -2.24. The van der Waals surface area contributed by atoms with Crippen molar-refractivity contribution in [2.75, 3.05) is 66.3 Å². The van der Waals surface area contributed by atoms with Gasteiger partial charge in [-0.25, -0.2) is 0 Å². The molecule has 2 amide bonds. The second kappa shape index (κ2) is 18.2. The molecule has 1 aromatic carbocycles. The number of hydrogen-bond acceptors (Lipinski definition) is 8. The van der Waals surface area contributed by atoms with Gasteiger partial charge in [0, 0.05) is 51.8 Å². The maximum atomic E-state index is 13.0. The van der Waals surface area contributed by atoms with Crippen molar-refractivity contribution in [1.82, 2.24) is 15.5 Å². The van der Waals surface area contributed by atoms with E-state index in [9.17, 15) is 14.7 Å². The molecule has 10 heteroatoms. The van der Waals surface area contributed by atoms with Crippen LogP contribution < -0.4 is 21.1 Å². The first-order valence-corrected chi connectivity index (χ1v) is 14.6. The highest BCUT2D eigenvalue weighted by Crippen LogP contribution is 2.24. The summed E-state index contributed by atoms with van der Waals surface area (Å²) >= 11 is 0. The second-order valence-electron chi connectivity index (χ2n) is 11.3. The molecule has 0 saturated carbocycles. The summed E-state index contributed by atoms with van der Waals surface area (Å²) in [5.74, 6) is 0.253. The summed E-state index contributed by atoms with van der Waals surface area (Å²) < 4.78 is 16.1. The quantitative estimate of drug-likeness (QED) is 0.199. The Labute approximate surface area is 240 Å². The van der Waals surface area contributed by atoms with E-state index in [1.165, 1.54) is 0 Å². The molecule has 5 N–H and O–H groups in total.